The molecule has 2 aromatic rings. The standard InChI is InChI=1S/C23H24N2O3S2/c1-16-6-10-18(11-7-16)24-21(27)5-3-2-4-14-25-22(28)20(30-23(25)29)15-17-8-12-19(26)13-9-17/h6-13,15,26H,2-5,14H2,1H3,(H,24,27)/b20-15-. The zero-order valence-corrected chi connectivity index (χ0v) is 18.4. The van der Waals surface area contributed by atoms with Gasteiger partial charge in [0.15, 0.2) is 0 Å². The molecule has 1 aliphatic rings. The maximum Gasteiger partial charge on any atom is 0.266 e. The van der Waals surface area contributed by atoms with E-state index in [9.17, 15) is 14.7 Å². The molecular formula is C23H24N2O3S2. The van der Waals surface area contributed by atoms with Gasteiger partial charge in [-0.2, -0.15) is 0 Å². The number of nitrogens with zero attached hydrogens (tertiary/aromatic N) is 1. The number of aromatic hydroxyl groups is 1. The number of thiocarbonyl (C=S) groups is 1. The van der Waals surface area contributed by atoms with Crippen molar-refractivity contribution in [2.24, 2.45) is 0 Å². The lowest BCUT2D eigenvalue weighted by Gasteiger charge is -2.14. The number of nitrogens with one attached hydrogen (secondary N) is 1. The van der Waals surface area contributed by atoms with Crippen LogP contribution in [0.5, 0.6) is 5.75 Å². The number of thioether (sulfide) groups is 1. The molecule has 3 rings (SSSR count). The first-order valence-electron chi connectivity index (χ1n) is 9.83. The van der Waals surface area contributed by atoms with E-state index >= 15 is 0 Å². The number of unbranched alkanes of at least 4 members (excludes halogenated alkanes) is 2. The topological polar surface area (TPSA) is 69.6 Å². The zero-order chi connectivity index (χ0) is 21.5. The summed E-state index contributed by atoms with van der Waals surface area (Å²) in [5.41, 5.74) is 2.80. The lowest BCUT2D eigenvalue weighted by Crippen LogP contribution is -2.29. The first kappa shape index (κ1) is 22.1. The van der Waals surface area contributed by atoms with Crippen LogP contribution in [0.25, 0.3) is 6.08 Å². The van der Waals surface area contributed by atoms with Crippen molar-refractivity contribution in [2.45, 2.75) is 32.6 Å². The lowest BCUT2D eigenvalue weighted by molar-refractivity contribution is -0.122. The maximum absolute atomic E-state index is 12.6. The molecule has 0 unspecified atom stereocenters. The molecule has 0 saturated carbocycles. The number of carbonyl (C=O) groups excluding carboxylic acids is 2. The third-order valence-electron chi connectivity index (χ3n) is 4.69. The first-order valence-corrected chi connectivity index (χ1v) is 11.1. The quantitative estimate of drug-likeness (QED) is 0.339. The van der Waals surface area contributed by atoms with Crippen LogP contribution in [0.4, 0.5) is 5.69 Å². The van der Waals surface area contributed by atoms with Crippen LogP contribution in [-0.4, -0.2) is 32.7 Å². The highest BCUT2D eigenvalue weighted by Gasteiger charge is 2.31. The minimum Gasteiger partial charge on any atom is -0.508 e. The van der Waals surface area contributed by atoms with Gasteiger partial charge < -0.3 is 10.4 Å². The third-order valence-corrected chi connectivity index (χ3v) is 6.06. The van der Waals surface area contributed by atoms with Crippen LogP contribution in [0.15, 0.2) is 53.4 Å². The van der Waals surface area contributed by atoms with Crippen molar-refractivity contribution in [1.82, 2.24) is 4.90 Å². The van der Waals surface area contributed by atoms with E-state index in [0.29, 0.717) is 22.2 Å². The highest BCUT2D eigenvalue weighted by molar-refractivity contribution is 8.26. The van der Waals surface area contributed by atoms with Gasteiger partial charge in [-0.3, -0.25) is 14.5 Å². The van der Waals surface area contributed by atoms with Crippen molar-refractivity contribution in [3.8, 4) is 5.75 Å². The Kier molecular flexibility index (Phi) is 7.65. The summed E-state index contributed by atoms with van der Waals surface area (Å²) in [4.78, 5) is 26.9. The number of hydrogen-bond acceptors (Lipinski definition) is 5. The predicted molar refractivity (Wildman–Crippen MR) is 126 cm³/mol. The second kappa shape index (κ2) is 10.4. The normalized spacial score (nSPS) is 15.1. The van der Waals surface area contributed by atoms with Gasteiger partial charge >= 0.3 is 0 Å². The summed E-state index contributed by atoms with van der Waals surface area (Å²) in [7, 11) is 0. The highest BCUT2D eigenvalue weighted by atomic mass is 32.2. The van der Waals surface area contributed by atoms with Crippen LogP contribution < -0.4 is 5.32 Å². The first-order chi connectivity index (χ1) is 14.4. The number of benzene rings is 2. The number of rotatable bonds is 8. The molecule has 1 saturated heterocycles. The van der Waals surface area contributed by atoms with Gasteiger partial charge in [0.25, 0.3) is 5.91 Å². The summed E-state index contributed by atoms with van der Waals surface area (Å²) in [5, 5.41) is 12.3. The van der Waals surface area contributed by atoms with Crippen LogP contribution in [-0.2, 0) is 9.59 Å². The fourth-order valence-electron chi connectivity index (χ4n) is 3.01. The predicted octanol–water partition coefficient (Wildman–Crippen LogP) is 5.10. The molecule has 0 spiro atoms. The second-order valence-electron chi connectivity index (χ2n) is 7.15. The monoisotopic (exact) mass is 440 g/mol. The van der Waals surface area contributed by atoms with Gasteiger partial charge in [0.2, 0.25) is 5.91 Å². The Morgan fingerprint density at radius 1 is 1.10 bits per heavy atom. The van der Waals surface area contributed by atoms with E-state index in [1.807, 2.05) is 31.2 Å². The Hall–Kier alpha value is -2.64. The van der Waals surface area contributed by atoms with Gasteiger partial charge in [-0.1, -0.05) is 60.2 Å². The van der Waals surface area contributed by atoms with Gasteiger partial charge in [0, 0.05) is 18.7 Å². The zero-order valence-electron chi connectivity index (χ0n) is 16.8. The van der Waals surface area contributed by atoms with Crippen molar-refractivity contribution >= 4 is 51.9 Å². The Bertz CT molecular complexity index is 953. The molecule has 1 aliphatic heterocycles. The van der Waals surface area contributed by atoms with Crippen LogP contribution in [0.1, 0.15) is 36.8 Å². The van der Waals surface area contributed by atoms with Gasteiger partial charge in [-0.25, -0.2) is 0 Å². The fourth-order valence-corrected chi connectivity index (χ4v) is 4.32. The summed E-state index contributed by atoms with van der Waals surface area (Å²) >= 11 is 6.65. The van der Waals surface area contributed by atoms with E-state index in [4.69, 9.17) is 12.2 Å². The Morgan fingerprint density at radius 3 is 2.50 bits per heavy atom. The molecule has 0 bridgehead atoms. The van der Waals surface area contributed by atoms with Crippen LogP contribution in [0.2, 0.25) is 0 Å². The summed E-state index contributed by atoms with van der Waals surface area (Å²) in [6.07, 6.45) is 4.63. The Morgan fingerprint density at radius 2 is 1.80 bits per heavy atom. The molecule has 7 heteroatoms. The molecule has 2 aromatic carbocycles. The van der Waals surface area contributed by atoms with E-state index in [2.05, 4.69) is 5.32 Å². The molecule has 156 valence electrons. The highest BCUT2D eigenvalue weighted by Crippen LogP contribution is 2.33. The third kappa shape index (κ3) is 6.18. The molecule has 2 N–H and O–H groups in total. The van der Waals surface area contributed by atoms with E-state index in [0.717, 1.165) is 36.1 Å². The van der Waals surface area contributed by atoms with E-state index < -0.39 is 0 Å². The van der Waals surface area contributed by atoms with Crippen LogP contribution in [0, 0.1) is 6.92 Å². The van der Waals surface area contributed by atoms with Crippen molar-refractivity contribution in [3.63, 3.8) is 0 Å². The number of anilines is 1. The molecule has 2 amide bonds. The number of phenols is 1. The summed E-state index contributed by atoms with van der Waals surface area (Å²) in [6.45, 7) is 2.56. The minimum absolute atomic E-state index is 0.00120. The van der Waals surface area contributed by atoms with Crippen LogP contribution >= 0.6 is 24.0 Å². The molecule has 30 heavy (non-hydrogen) atoms. The molecule has 0 aromatic heterocycles. The van der Waals surface area contributed by atoms with Gasteiger partial charge in [-0.15, -0.1) is 0 Å². The van der Waals surface area contributed by atoms with E-state index in [1.165, 1.54) is 11.8 Å². The number of amides is 2. The number of carbonyl (C=O) groups is 2. The Balaban J connectivity index is 1.40. The van der Waals surface area contributed by atoms with Crippen LogP contribution in [0.3, 0.4) is 0 Å². The van der Waals surface area contributed by atoms with Gasteiger partial charge in [0.05, 0.1) is 4.91 Å². The molecule has 0 radical (unpaired) electrons. The smallest absolute Gasteiger partial charge is 0.266 e. The summed E-state index contributed by atoms with van der Waals surface area (Å²) in [6, 6.07) is 14.4. The molecule has 1 fully saturated rings. The molecule has 0 aliphatic carbocycles. The second-order valence-corrected chi connectivity index (χ2v) is 8.83. The Labute approximate surface area is 186 Å². The molecule has 5 nitrogen and oxygen atoms in total. The molecular weight excluding hydrogens is 416 g/mol. The number of hydrogen-bond donors (Lipinski definition) is 2. The van der Waals surface area contributed by atoms with E-state index in [-0.39, 0.29) is 17.6 Å². The van der Waals surface area contributed by atoms with Gasteiger partial charge in [0.1, 0.15) is 10.1 Å². The number of phenolic OH excluding ortho intramolecular Hbond substituents is 1. The average Bonchev–Trinajstić information content (AvgIpc) is 2.98. The van der Waals surface area contributed by atoms with E-state index in [1.54, 1.807) is 35.2 Å². The van der Waals surface area contributed by atoms with Crippen molar-refractivity contribution in [1.29, 1.82) is 0 Å². The number of aryl methyl sites for hydroxylation is 1. The summed E-state index contributed by atoms with van der Waals surface area (Å²) < 4.78 is 0.558. The minimum atomic E-state index is -0.0878. The van der Waals surface area contributed by atoms with Crippen molar-refractivity contribution in [3.05, 3.63) is 64.6 Å². The molecule has 1 heterocycles. The lowest BCUT2D eigenvalue weighted by atomic mass is 10.1. The van der Waals surface area contributed by atoms with Crippen molar-refractivity contribution < 1.29 is 14.7 Å². The largest absolute Gasteiger partial charge is 0.508 e. The maximum atomic E-state index is 12.6. The molecule has 0 atom stereocenters. The van der Waals surface area contributed by atoms with Crippen molar-refractivity contribution in [2.75, 3.05) is 11.9 Å². The fraction of sp³-hybridized carbons (Fsp3) is 0.261. The van der Waals surface area contributed by atoms with Gasteiger partial charge in [-0.05, 0) is 55.7 Å². The average molecular weight is 441 g/mol. The summed E-state index contributed by atoms with van der Waals surface area (Å²) in [5.74, 6) is 0.101. The SMILES string of the molecule is Cc1ccc(NC(=O)CCCCCN2C(=O)/C(=C/c3ccc(O)cc3)SC2=S)cc1.